The lowest BCUT2D eigenvalue weighted by molar-refractivity contribution is 0.00724. The van der Waals surface area contributed by atoms with Gasteiger partial charge in [-0.25, -0.2) is 4.98 Å². The van der Waals surface area contributed by atoms with Gasteiger partial charge in [0, 0.05) is 44.0 Å². The smallest absolute Gasteiger partial charge is 0.254 e. The van der Waals surface area contributed by atoms with E-state index >= 15 is 0 Å². The summed E-state index contributed by atoms with van der Waals surface area (Å²) in [6.07, 6.45) is 7.68. The highest BCUT2D eigenvalue weighted by molar-refractivity contribution is 5.95. The first-order valence-corrected chi connectivity index (χ1v) is 9.32. The van der Waals surface area contributed by atoms with Gasteiger partial charge in [0.25, 0.3) is 5.91 Å². The molecule has 0 N–H and O–H groups in total. The number of amides is 1. The van der Waals surface area contributed by atoms with Crippen LogP contribution in [-0.2, 0) is 4.74 Å². The molecule has 0 saturated carbocycles. The van der Waals surface area contributed by atoms with Crippen LogP contribution in [0.3, 0.4) is 0 Å². The van der Waals surface area contributed by atoms with Crippen LogP contribution >= 0.6 is 0 Å². The summed E-state index contributed by atoms with van der Waals surface area (Å²) >= 11 is 0. The lowest BCUT2D eigenvalue weighted by Crippen LogP contribution is -2.43. The molecule has 2 atom stereocenters. The van der Waals surface area contributed by atoms with Gasteiger partial charge in [-0.2, -0.15) is 0 Å². The molecule has 1 aromatic rings. The van der Waals surface area contributed by atoms with Gasteiger partial charge in [0.2, 0.25) is 0 Å². The van der Waals surface area contributed by atoms with E-state index in [0.29, 0.717) is 19.2 Å². The molecule has 24 heavy (non-hydrogen) atoms. The predicted octanol–water partition coefficient (Wildman–Crippen LogP) is 3.10. The standard InChI is InChI=1S/C19H29N3O2/c1-3-24-17-8-6-11-21(14-17)19(23)16-9-10-20-18(13-16)22-12-5-4-7-15(22)2/h9-10,13,15,17H,3-8,11-12,14H2,1-2H3/t15-,17+/m1/s1. The molecule has 132 valence electrons. The number of aromatic nitrogens is 1. The van der Waals surface area contributed by atoms with Crippen LogP contribution in [0.25, 0.3) is 0 Å². The van der Waals surface area contributed by atoms with Gasteiger partial charge in [-0.3, -0.25) is 4.79 Å². The first-order valence-electron chi connectivity index (χ1n) is 9.32. The Labute approximate surface area is 145 Å². The van der Waals surface area contributed by atoms with Crippen molar-refractivity contribution in [3.05, 3.63) is 23.9 Å². The Morgan fingerprint density at radius 2 is 2.17 bits per heavy atom. The zero-order chi connectivity index (χ0) is 16.9. The van der Waals surface area contributed by atoms with E-state index in [0.717, 1.165) is 37.3 Å². The first kappa shape index (κ1) is 17.2. The molecular formula is C19H29N3O2. The number of pyridine rings is 1. The van der Waals surface area contributed by atoms with Crippen molar-refractivity contribution >= 4 is 11.7 Å². The van der Waals surface area contributed by atoms with E-state index in [4.69, 9.17) is 4.74 Å². The molecule has 0 aromatic carbocycles. The number of likely N-dealkylation sites (tertiary alicyclic amines) is 1. The molecule has 3 rings (SSSR count). The number of ether oxygens (including phenoxy) is 1. The van der Waals surface area contributed by atoms with Crippen molar-refractivity contribution in [2.75, 3.05) is 31.1 Å². The van der Waals surface area contributed by atoms with Crippen molar-refractivity contribution in [3.8, 4) is 0 Å². The van der Waals surface area contributed by atoms with Crippen LogP contribution in [0, 0.1) is 0 Å². The minimum absolute atomic E-state index is 0.104. The molecule has 2 fully saturated rings. The fourth-order valence-electron chi connectivity index (χ4n) is 3.82. The third-order valence-corrected chi connectivity index (χ3v) is 5.16. The van der Waals surface area contributed by atoms with E-state index in [1.165, 1.54) is 19.3 Å². The minimum Gasteiger partial charge on any atom is -0.377 e. The van der Waals surface area contributed by atoms with E-state index in [9.17, 15) is 4.79 Å². The molecule has 5 nitrogen and oxygen atoms in total. The second kappa shape index (κ2) is 7.97. The van der Waals surface area contributed by atoms with Gasteiger partial charge in [-0.1, -0.05) is 0 Å². The molecule has 1 amide bonds. The lowest BCUT2D eigenvalue weighted by atomic mass is 10.0. The maximum atomic E-state index is 12.9. The van der Waals surface area contributed by atoms with E-state index in [2.05, 4.69) is 16.8 Å². The number of hydrogen-bond acceptors (Lipinski definition) is 4. The molecule has 0 aliphatic carbocycles. The van der Waals surface area contributed by atoms with E-state index in [-0.39, 0.29) is 12.0 Å². The largest absolute Gasteiger partial charge is 0.377 e. The fourth-order valence-corrected chi connectivity index (χ4v) is 3.82. The monoisotopic (exact) mass is 331 g/mol. The highest BCUT2D eigenvalue weighted by Gasteiger charge is 2.26. The number of hydrogen-bond donors (Lipinski definition) is 0. The Morgan fingerprint density at radius 1 is 1.29 bits per heavy atom. The zero-order valence-electron chi connectivity index (χ0n) is 14.9. The van der Waals surface area contributed by atoms with E-state index in [1.807, 2.05) is 24.0 Å². The fraction of sp³-hybridized carbons (Fsp3) is 0.684. The van der Waals surface area contributed by atoms with Crippen molar-refractivity contribution in [1.29, 1.82) is 0 Å². The van der Waals surface area contributed by atoms with Gasteiger partial charge in [0.1, 0.15) is 5.82 Å². The molecule has 0 bridgehead atoms. The van der Waals surface area contributed by atoms with Gasteiger partial charge in [-0.15, -0.1) is 0 Å². The molecule has 2 aliphatic heterocycles. The summed E-state index contributed by atoms with van der Waals surface area (Å²) in [5, 5.41) is 0. The SMILES string of the molecule is CCO[C@H]1CCCN(C(=O)c2ccnc(N3CCCC[C@H]3C)c2)C1. The van der Waals surface area contributed by atoms with Gasteiger partial charge < -0.3 is 14.5 Å². The number of piperidine rings is 2. The second-order valence-corrected chi connectivity index (χ2v) is 6.91. The molecular weight excluding hydrogens is 302 g/mol. The summed E-state index contributed by atoms with van der Waals surface area (Å²) in [6.45, 7) is 7.51. The molecule has 2 saturated heterocycles. The number of anilines is 1. The summed E-state index contributed by atoms with van der Waals surface area (Å²) in [5.74, 6) is 1.04. The predicted molar refractivity (Wildman–Crippen MR) is 95.4 cm³/mol. The van der Waals surface area contributed by atoms with Crippen LogP contribution < -0.4 is 4.90 Å². The lowest BCUT2D eigenvalue weighted by Gasteiger charge is -2.35. The Morgan fingerprint density at radius 3 is 2.96 bits per heavy atom. The molecule has 0 spiro atoms. The minimum atomic E-state index is 0.104. The third kappa shape index (κ3) is 3.89. The molecule has 5 heteroatoms. The summed E-state index contributed by atoms with van der Waals surface area (Å²) in [5.41, 5.74) is 0.745. The number of rotatable bonds is 4. The van der Waals surface area contributed by atoms with Crippen LogP contribution in [-0.4, -0.2) is 54.2 Å². The zero-order valence-corrected chi connectivity index (χ0v) is 14.9. The maximum Gasteiger partial charge on any atom is 0.254 e. The van der Waals surface area contributed by atoms with Crippen LogP contribution in [0.4, 0.5) is 5.82 Å². The van der Waals surface area contributed by atoms with Crippen LogP contribution in [0.2, 0.25) is 0 Å². The third-order valence-electron chi connectivity index (χ3n) is 5.16. The highest BCUT2D eigenvalue weighted by atomic mass is 16.5. The molecule has 0 radical (unpaired) electrons. The van der Waals surface area contributed by atoms with Gasteiger partial charge in [0.15, 0.2) is 0 Å². The van der Waals surface area contributed by atoms with Crippen molar-refractivity contribution < 1.29 is 9.53 Å². The van der Waals surface area contributed by atoms with Crippen LogP contribution in [0.5, 0.6) is 0 Å². The normalized spacial score (nSPS) is 24.9. The first-order chi connectivity index (χ1) is 11.7. The van der Waals surface area contributed by atoms with Crippen molar-refractivity contribution in [2.45, 2.75) is 58.1 Å². The summed E-state index contributed by atoms with van der Waals surface area (Å²) < 4.78 is 5.72. The topological polar surface area (TPSA) is 45.7 Å². The number of carbonyl (C=O) groups excluding carboxylic acids is 1. The van der Waals surface area contributed by atoms with Crippen LogP contribution in [0.1, 0.15) is 56.3 Å². The van der Waals surface area contributed by atoms with Gasteiger partial charge >= 0.3 is 0 Å². The Balaban J connectivity index is 1.72. The van der Waals surface area contributed by atoms with E-state index in [1.54, 1.807) is 6.20 Å². The second-order valence-electron chi connectivity index (χ2n) is 6.91. The van der Waals surface area contributed by atoms with E-state index < -0.39 is 0 Å². The van der Waals surface area contributed by atoms with Crippen molar-refractivity contribution in [2.24, 2.45) is 0 Å². The van der Waals surface area contributed by atoms with Gasteiger partial charge in [-0.05, 0) is 58.1 Å². The maximum absolute atomic E-state index is 12.9. The molecule has 1 aromatic heterocycles. The average Bonchev–Trinajstić information content (AvgIpc) is 2.62. The quantitative estimate of drug-likeness (QED) is 0.850. The van der Waals surface area contributed by atoms with Gasteiger partial charge in [0.05, 0.1) is 6.10 Å². The Kier molecular flexibility index (Phi) is 5.72. The van der Waals surface area contributed by atoms with Crippen LogP contribution in [0.15, 0.2) is 18.3 Å². The summed E-state index contributed by atoms with van der Waals surface area (Å²) in [4.78, 5) is 21.7. The summed E-state index contributed by atoms with van der Waals surface area (Å²) in [7, 11) is 0. The van der Waals surface area contributed by atoms with Crippen molar-refractivity contribution in [1.82, 2.24) is 9.88 Å². The molecule has 2 aliphatic rings. The van der Waals surface area contributed by atoms with Crippen molar-refractivity contribution in [3.63, 3.8) is 0 Å². The summed E-state index contributed by atoms with van der Waals surface area (Å²) in [6, 6.07) is 4.30. The Bertz CT molecular complexity index is 561. The number of carbonyl (C=O) groups is 1. The molecule has 0 unspecified atom stereocenters. The number of nitrogens with zero attached hydrogens (tertiary/aromatic N) is 3. The average molecular weight is 331 g/mol. The Hall–Kier alpha value is -1.62. The highest BCUT2D eigenvalue weighted by Crippen LogP contribution is 2.24. The molecule has 3 heterocycles.